The highest BCUT2D eigenvalue weighted by Gasteiger charge is 2.00. The molecule has 0 radical (unpaired) electrons. The van der Waals surface area contributed by atoms with Crippen molar-refractivity contribution in [3.63, 3.8) is 0 Å². The first kappa shape index (κ1) is 13.8. The summed E-state index contributed by atoms with van der Waals surface area (Å²) in [6, 6.07) is 18.1. The molecule has 0 bridgehead atoms. The minimum Gasteiger partial charge on any atom is -0.192 e. The Hall–Kier alpha value is -2.59. The second kappa shape index (κ2) is 6.54. The molecule has 0 amide bonds. The van der Waals surface area contributed by atoms with Gasteiger partial charge in [-0.25, -0.2) is 0 Å². The molecule has 1 heteroatoms. The molecule has 2 rings (SSSR count). The molecule has 0 fully saturated rings. The fraction of sp³-hybridized carbons (Fsp3) is 0.105. The fourth-order valence-electron chi connectivity index (χ4n) is 1.97. The summed E-state index contributed by atoms with van der Waals surface area (Å²) in [6.07, 6.45) is 5.18. The van der Waals surface area contributed by atoms with Crippen molar-refractivity contribution in [3.05, 3.63) is 78.4 Å². The van der Waals surface area contributed by atoms with Gasteiger partial charge in [0.1, 0.15) is 0 Å². The molecule has 0 aromatic heterocycles. The van der Waals surface area contributed by atoms with E-state index in [0.29, 0.717) is 5.56 Å². The maximum absolute atomic E-state index is 8.80. The van der Waals surface area contributed by atoms with Gasteiger partial charge in [0.25, 0.3) is 0 Å². The van der Waals surface area contributed by atoms with Gasteiger partial charge in [-0.2, -0.15) is 5.26 Å². The maximum Gasteiger partial charge on any atom is 0.0991 e. The van der Waals surface area contributed by atoms with E-state index in [1.165, 1.54) is 0 Å². The Morgan fingerprint density at radius 1 is 1.05 bits per heavy atom. The first-order valence-corrected chi connectivity index (χ1v) is 6.71. The molecule has 0 atom stereocenters. The van der Waals surface area contributed by atoms with E-state index in [4.69, 9.17) is 5.26 Å². The van der Waals surface area contributed by atoms with Crippen molar-refractivity contribution in [1.29, 1.82) is 5.26 Å². The summed E-state index contributed by atoms with van der Waals surface area (Å²) in [5.74, 6) is 0. The minimum atomic E-state index is 0.684. The largest absolute Gasteiger partial charge is 0.192 e. The molecule has 0 unspecified atom stereocenters. The molecule has 0 aliphatic rings. The Bertz CT molecular complexity index is 652. The van der Waals surface area contributed by atoms with Gasteiger partial charge in [0, 0.05) is 0 Å². The second-order valence-electron chi connectivity index (χ2n) is 4.60. The lowest BCUT2D eigenvalue weighted by atomic mass is 10.00. The van der Waals surface area contributed by atoms with Crippen LogP contribution in [0.2, 0.25) is 0 Å². The Kier molecular flexibility index (Phi) is 4.52. The van der Waals surface area contributed by atoms with Crippen LogP contribution in [-0.2, 0) is 0 Å². The molecule has 0 spiro atoms. The van der Waals surface area contributed by atoms with Gasteiger partial charge < -0.3 is 0 Å². The van der Waals surface area contributed by atoms with Gasteiger partial charge in [-0.15, -0.1) is 0 Å². The molecular formula is C19H17N. The van der Waals surface area contributed by atoms with Crippen LogP contribution in [0, 0.1) is 11.3 Å². The number of allylic oxidation sites excluding steroid dienone is 3. The van der Waals surface area contributed by atoms with Gasteiger partial charge >= 0.3 is 0 Å². The normalized spacial score (nSPS) is 10.4. The molecule has 0 saturated heterocycles. The second-order valence-corrected chi connectivity index (χ2v) is 4.60. The molecule has 0 aliphatic heterocycles. The standard InChI is InChI=1S/C19H17N/c1-3-4-5-15(2)17-10-12-19(13-11-17)18-8-6-16(14-20)7-9-18/h4-13H,2-3H2,1H3/b5-4-. The average Bonchev–Trinajstić information content (AvgIpc) is 2.53. The van der Waals surface area contributed by atoms with Crippen LogP contribution in [0.5, 0.6) is 0 Å². The number of hydrogen-bond acceptors (Lipinski definition) is 1. The Balaban J connectivity index is 2.21. The average molecular weight is 259 g/mol. The zero-order valence-electron chi connectivity index (χ0n) is 11.6. The smallest absolute Gasteiger partial charge is 0.0991 e. The third-order valence-electron chi connectivity index (χ3n) is 3.16. The summed E-state index contributed by atoms with van der Waals surface area (Å²) in [5.41, 5.74) is 5.10. The highest BCUT2D eigenvalue weighted by Crippen LogP contribution is 2.22. The molecule has 20 heavy (non-hydrogen) atoms. The van der Waals surface area contributed by atoms with Crippen LogP contribution in [0.15, 0.2) is 67.3 Å². The Morgan fingerprint density at radius 3 is 2.10 bits per heavy atom. The molecule has 98 valence electrons. The summed E-state index contributed by atoms with van der Waals surface area (Å²) in [5, 5.41) is 8.80. The SMILES string of the molecule is C=C(/C=C\CC)c1ccc(-c2ccc(C#N)cc2)cc1. The van der Waals surface area contributed by atoms with Gasteiger partial charge in [-0.1, -0.05) is 62.1 Å². The zero-order valence-corrected chi connectivity index (χ0v) is 11.6. The first-order valence-electron chi connectivity index (χ1n) is 6.71. The number of nitrogens with zero attached hydrogens (tertiary/aromatic N) is 1. The van der Waals surface area contributed by atoms with Crippen molar-refractivity contribution >= 4 is 5.57 Å². The van der Waals surface area contributed by atoms with E-state index < -0.39 is 0 Å². The fourth-order valence-corrected chi connectivity index (χ4v) is 1.97. The number of nitriles is 1. The van der Waals surface area contributed by atoms with E-state index in [0.717, 1.165) is 28.7 Å². The summed E-state index contributed by atoms with van der Waals surface area (Å²) >= 11 is 0. The van der Waals surface area contributed by atoms with Gasteiger partial charge in [0.05, 0.1) is 11.6 Å². The maximum atomic E-state index is 8.80. The van der Waals surface area contributed by atoms with Gasteiger partial charge in [-0.3, -0.25) is 0 Å². The van der Waals surface area contributed by atoms with Crippen LogP contribution in [0.4, 0.5) is 0 Å². The van der Waals surface area contributed by atoms with Gasteiger partial charge in [0.2, 0.25) is 0 Å². The van der Waals surface area contributed by atoms with Crippen LogP contribution < -0.4 is 0 Å². The van der Waals surface area contributed by atoms with Crippen molar-refractivity contribution in [2.75, 3.05) is 0 Å². The predicted molar refractivity (Wildman–Crippen MR) is 85.1 cm³/mol. The molecule has 1 nitrogen and oxygen atoms in total. The molecule has 0 saturated carbocycles. The van der Waals surface area contributed by atoms with Gasteiger partial charge in [0.15, 0.2) is 0 Å². The van der Waals surface area contributed by atoms with E-state index >= 15 is 0 Å². The van der Waals surface area contributed by atoms with Crippen molar-refractivity contribution < 1.29 is 0 Å². The lowest BCUT2D eigenvalue weighted by Gasteiger charge is -2.05. The lowest BCUT2D eigenvalue weighted by Crippen LogP contribution is -1.82. The molecule has 0 N–H and O–H groups in total. The highest BCUT2D eigenvalue weighted by molar-refractivity contribution is 5.74. The van der Waals surface area contributed by atoms with E-state index in [-0.39, 0.29) is 0 Å². The third kappa shape index (κ3) is 3.24. The summed E-state index contributed by atoms with van der Waals surface area (Å²) in [4.78, 5) is 0. The lowest BCUT2D eigenvalue weighted by molar-refractivity contribution is 1.23. The summed E-state index contributed by atoms with van der Waals surface area (Å²) in [6.45, 7) is 6.17. The topological polar surface area (TPSA) is 23.8 Å². The monoisotopic (exact) mass is 259 g/mol. The van der Waals surface area contributed by atoms with Crippen molar-refractivity contribution in [1.82, 2.24) is 0 Å². The zero-order chi connectivity index (χ0) is 14.4. The van der Waals surface area contributed by atoms with Crippen LogP contribution in [0.1, 0.15) is 24.5 Å². The van der Waals surface area contributed by atoms with Crippen molar-refractivity contribution in [2.45, 2.75) is 13.3 Å². The highest BCUT2D eigenvalue weighted by atomic mass is 14.2. The van der Waals surface area contributed by atoms with E-state index in [9.17, 15) is 0 Å². The van der Waals surface area contributed by atoms with Crippen LogP contribution in [-0.4, -0.2) is 0 Å². The molecule has 0 aliphatic carbocycles. The van der Waals surface area contributed by atoms with Crippen LogP contribution in [0.25, 0.3) is 16.7 Å². The molecule has 2 aromatic carbocycles. The quantitative estimate of drug-likeness (QED) is 0.692. The van der Waals surface area contributed by atoms with Crippen LogP contribution >= 0.6 is 0 Å². The molecular weight excluding hydrogens is 242 g/mol. The predicted octanol–water partition coefficient (Wildman–Crippen LogP) is 5.20. The summed E-state index contributed by atoms with van der Waals surface area (Å²) < 4.78 is 0. The first-order chi connectivity index (χ1) is 9.74. The van der Waals surface area contributed by atoms with E-state index in [1.54, 1.807) is 0 Å². The third-order valence-corrected chi connectivity index (χ3v) is 3.16. The summed E-state index contributed by atoms with van der Waals surface area (Å²) in [7, 11) is 0. The van der Waals surface area contributed by atoms with Crippen molar-refractivity contribution in [3.8, 4) is 17.2 Å². The number of benzene rings is 2. The van der Waals surface area contributed by atoms with Crippen LogP contribution in [0.3, 0.4) is 0 Å². The molecule has 0 heterocycles. The van der Waals surface area contributed by atoms with E-state index in [2.05, 4.69) is 56.0 Å². The Morgan fingerprint density at radius 2 is 1.60 bits per heavy atom. The van der Waals surface area contributed by atoms with Crippen molar-refractivity contribution in [2.24, 2.45) is 0 Å². The number of hydrogen-bond donors (Lipinski definition) is 0. The van der Waals surface area contributed by atoms with E-state index in [1.807, 2.05) is 24.3 Å². The minimum absolute atomic E-state index is 0.684. The number of rotatable bonds is 4. The molecule has 2 aromatic rings. The van der Waals surface area contributed by atoms with Gasteiger partial charge in [-0.05, 0) is 40.8 Å². The Labute approximate surface area is 120 Å².